The molecule has 1 saturated heterocycles. The van der Waals surface area contributed by atoms with Crippen molar-refractivity contribution in [2.75, 3.05) is 13.1 Å². The fraction of sp³-hybridized carbons (Fsp3) is 0.611. The highest BCUT2D eigenvalue weighted by Crippen LogP contribution is 2.49. The maximum atomic E-state index is 13.2. The number of ether oxygens (including phenoxy) is 1. The molecule has 0 saturated carbocycles. The fourth-order valence-corrected chi connectivity index (χ4v) is 5.58. The van der Waals surface area contributed by atoms with Crippen LogP contribution in [0.5, 0.6) is 0 Å². The molecule has 0 aliphatic carbocycles. The number of carbonyl (C=O) groups is 1. The van der Waals surface area contributed by atoms with Crippen molar-refractivity contribution in [1.82, 2.24) is 5.32 Å². The number of esters is 1. The van der Waals surface area contributed by atoms with Crippen molar-refractivity contribution in [3.63, 3.8) is 0 Å². The topological polar surface area (TPSA) is 92.7 Å². The predicted molar refractivity (Wildman–Crippen MR) is 106 cm³/mol. The van der Waals surface area contributed by atoms with Gasteiger partial charge in [-0.15, -0.1) is 0 Å². The summed E-state index contributed by atoms with van der Waals surface area (Å²) in [6.07, 6.45) is 0.139. The Morgan fingerprint density at radius 3 is 2.33 bits per heavy atom. The van der Waals surface area contributed by atoms with Gasteiger partial charge in [-0.25, -0.2) is 0 Å². The van der Waals surface area contributed by atoms with Crippen molar-refractivity contribution in [2.45, 2.75) is 56.3 Å². The van der Waals surface area contributed by atoms with Gasteiger partial charge in [0.05, 0.1) is 10.0 Å². The van der Waals surface area contributed by atoms with Gasteiger partial charge in [-0.2, -0.15) is 8.42 Å². The molecular weight excluding hydrogens is 413 g/mol. The average molecular weight is 438 g/mol. The first-order valence-electron chi connectivity index (χ1n) is 8.67. The zero-order chi connectivity index (χ0) is 20.7. The Morgan fingerprint density at radius 1 is 1.30 bits per heavy atom. The maximum absolute atomic E-state index is 13.2. The minimum absolute atomic E-state index is 0.164. The molecule has 1 aliphatic rings. The van der Waals surface area contributed by atoms with Gasteiger partial charge in [0.2, 0.25) is 4.75 Å². The summed E-state index contributed by atoms with van der Waals surface area (Å²) in [5, 5.41) is 3.67. The summed E-state index contributed by atoms with van der Waals surface area (Å²) in [5.74, 6) is -0.977. The van der Waals surface area contributed by atoms with Crippen LogP contribution in [0.25, 0.3) is 0 Å². The van der Waals surface area contributed by atoms with Crippen LogP contribution in [0.2, 0.25) is 10.0 Å². The molecule has 1 aliphatic heterocycles. The lowest BCUT2D eigenvalue weighted by atomic mass is 9.67. The number of benzene rings is 1. The van der Waals surface area contributed by atoms with Gasteiger partial charge in [-0.3, -0.25) is 9.35 Å². The van der Waals surface area contributed by atoms with Crippen LogP contribution in [0.3, 0.4) is 0 Å². The monoisotopic (exact) mass is 437 g/mol. The molecule has 9 heteroatoms. The molecular formula is C18H25Cl2NO5S. The lowest BCUT2D eigenvalue weighted by Crippen LogP contribution is -2.63. The molecule has 2 rings (SSSR count). The minimum Gasteiger partial charge on any atom is -0.459 e. The quantitative estimate of drug-likeness (QED) is 0.539. The van der Waals surface area contributed by atoms with Crippen LogP contribution in [-0.4, -0.2) is 42.4 Å². The van der Waals surface area contributed by atoms with Crippen LogP contribution < -0.4 is 5.32 Å². The number of nitrogens with one attached hydrogen (secondary N) is 1. The molecule has 1 fully saturated rings. The number of hydrogen-bond acceptors (Lipinski definition) is 5. The van der Waals surface area contributed by atoms with E-state index in [2.05, 4.69) is 5.32 Å². The summed E-state index contributed by atoms with van der Waals surface area (Å²) >= 11 is 12.2. The van der Waals surface area contributed by atoms with Gasteiger partial charge in [-0.05, 0) is 57.9 Å². The molecule has 2 N–H and O–H groups in total. The van der Waals surface area contributed by atoms with Crippen molar-refractivity contribution >= 4 is 39.3 Å². The Kier molecular flexibility index (Phi) is 6.25. The smallest absolute Gasteiger partial charge is 0.331 e. The van der Waals surface area contributed by atoms with Crippen molar-refractivity contribution in [3.05, 3.63) is 33.8 Å². The summed E-state index contributed by atoms with van der Waals surface area (Å²) in [6.45, 7) is 7.13. The van der Waals surface area contributed by atoms with E-state index in [4.69, 9.17) is 27.9 Å². The van der Waals surface area contributed by atoms with Crippen LogP contribution in [0.1, 0.15) is 46.1 Å². The Hall–Kier alpha value is -0.860. The van der Waals surface area contributed by atoms with E-state index in [1.54, 1.807) is 45.9 Å². The molecule has 2 atom stereocenters. The first-order valence-corrected chi connectivity index (χ1v) is 10.9. The van der Waals surface area contributed by atoms with Crippen LogP contribution in [0.4, 0.5) is 0 Å². The Labute approximate surface area is 170 Å². The standard InChI is InChI=1S/C18H25Cl2NO5S/c1-5-18(27(23,24)25,15(22)26-16(2,3)4)17(8-9-21-11-17)12-6-7-13(19)14(20)10-12/h6-7,10,21H,5,8-9,11H2,1-4H3,(H,23,24,25). The van der Waals surface area contributed by atoms with E-state index < -0.39 is 31.9 Å². The summed E-state index contributed by atoms with van der Waals surface area (Å²) in [7, 11) is -4.85. The highest BCUT2D eigenvalue weighted by Gasteiger charge is 2.66. The second kappa shape index (κ2) is 7.52. The SMILES string of the molecule is CCC(C(=O)OC(C)(C)C)(C1(c2ccc(Cl)c(Cl)c2)CCNC1)S(=O)(=O)O. The van der Waals surface area contributed by atoms with Gasteiger partial charge in [0.1, 0.15) is 5.60 Å². The van der Waals surface area contributed by atoms with E-state index >= 15 is 0 Å². The first-order chi connectivity index (χ1) is 12.3. The molecule has 0 bridgehead atoms. The van der Waals surface area contributed by atoms with E-state index in [-0.39, 0.29) is 18.0 Å². The minimum atomic E-state index is -4.85. The second-order valence-electron chi connectivity index (χ2n) is 7.80. The van der Waals surface area contributed by atoms with Crippen molar-refractivity contribution < 1.29 is 22.5 Å². The van der Waals surface area contributed by atoms with E-state index in [1.165, 1.54) is 0 Å². The summed E-state index contributed by atoms with van der Waals surface area (Å²) in [5.41, 5.74) is -1.67. The molecule has 6 nitrogen and oxygen atoms in total. The zero-order valence-corrected chi connectivity index (χ0v) is 18.1. The molecule has 0 aromatic heterocycles. The number of rotatable bonds is 5. The van der Waals surface area contributed by atoms with Gasteiger partial charge >= 0.3 is 5.97 Å². The predicted octanol–water partition coefficient (Wildman–Crippen LogP) is 3.60. The molecule has 0 radical (unpaired) electrons. The number of carbonyl (C=O) groups excluding carboxylic acids is 1. The summed E-state index contributed by atoms with van der Waals surface area (Å²) in [4.78, 5) is 13.2. The molecule has 1 heterocycles. The van der Waals surface area contributed by atoms with Crippen LogP contribution >= 0.6 is 23.2 Å². The van der Waals surface area contributed by atoms with Crippen molar-refractivity contribution in [3.8, 4) is 0 Å². The van der Waals surface area contributed by atoms with Gasteiger partial charge < -0.3 is 10.1 Å². The first kappa shape index (κ1) is 22.4. The van der Waals surface area contributed by atoms with Gasteiger partial charge in [-0.1, -0.05) is 36.2 Å². The van der Waals surface area contributed by atoms with Crippen LogP contribution in [-0.2, 0) is 25.1 Å². The Bertz CT molecular complexity index is 829. The molecule has 0 amide bonds. The van der Waals surface area contributed by atoms with Gasteiger partial charge in [0, 0.05) is 12.0 Å². The third-order valence-corrected chi connectivity index (χ3v) is 7.53. The molecule has 0 spiro atoms. The average Bonchev–Trinajstić information content (AvgIpc) is 2.99. The third kappa shape index (κ3) is 3.85. The van der Waals surface area contributed by atoms with E-state index in [0.29, 0.717) is 23.6 Å². The Balaban J connectivity index is 2.80. The molecule has 152 valence electrons. The largest absolute Gasteiger partial charge is 0.459 e. The summed E-state index contributed by atoms with van der Waals surface area (Å²) < 4.78 is 39.0. The van der Waals surface area contributed by atoms with Crippen molar-refractivity contribution in [2.24, 2.45) is 0 Å². The number of halogens is 2. The third-order valence-electron chi connectivity index (χ3n) is 5.07. The highest BCUT2D eigenvalue weighted by atomic mass is 35.5. The summed E-state index contributed by atoms with van der Waals surface area (Å²) in [6, 6.07) is 4.75. The van der Waals surface area contributed by atoms with E-state index in [9.17, 15) is 17.8 Å². The highest BCUT2D eigenvalue weighted by molar-refractivity contribution is 7.88. The lowest BCUT2D eigenvalue weighted by molar-refractivity contribution is -0.160. The lowest BCUT2D eigenvalue weighted by Gasteiger charge is -2.45. The van der Waals surface area contributed by atoms with Crippen LogP contribution in [0.15, 0.2) is 18.2 Å². The maximum Gasteiger partial charge on any atom is 0.331 e. The molecule has 2 unspecified atom stereocenters. The second-order valence-corrected chi connectivity index (χ2v) is 10.3. The van der Waals surface area contributed by atoms with Crippen LogP contribution in [0, 0.1) is 0 Å². The molecule has 1 aromatic carbocycles. The molecule has 1 aromatic rings. The van der Waals surface area contributed by atoms with Gasteiger partial charge in [0.25, 0.3) is 10.1 Å². The zero-order valence-electron chi connectivity index (χ0n) is 15.8. The Morgan fingerprint density at radius 2 is 1.93 bits per heavy atom. The fourth-order valence-electron chi connectivity index (χ4n) is 3.88. The van der Waals surface area contributed by atoms with E-state index in [1.807, 2.05) is 0 Å². The van der Waals surface area contributed by atoms with E-state index in [0.717, 1.165) is 0 Å². The number of hydrogen-bond donors (Lipinski definition) is 2. The van der Waals surface area contributed by atoms with Crippen molar-refractivity contribution in [1.29, 1.82) is 0 Å². The van der Waals surface area contributed by atoms with Gasteiger partial charge in [0.15, 0.2) is 0 Å². The normalized spacial score (nSPS) is 23.1. The molecule has 27 heavy (non-hydrogen) atoms.